The summed E-state index contributed by atoms with van der Waals surface area (Å²) in [5.41, 5.74) is -0.605. The van der Waals surface area contributed by atoms with Crippen molar-refractivity contribution in [2.75, 3.05) is 20.2 Å². The van der Waals surface area contributed by atoms with Crippen molar-refractivity contribution in [1.82, 2.24) is 4.90 Å². The smallest absolute Gasteiger partial charge is 0.324 e. The van der Waals surface area contributed by atoms with E-state index in [4.69, 9.17) is 9.47 Å². The first-order chi connectivity index (χ1) is 11.7. The molecule has 0 spiro atoms. The van der Waals surface area contributed by atoms with Crippen molar-refractivity contribution < 1.29 is 19.1 Å². The van der Waals surface area contributed by atoms with Crippen LogP contribution in [0.2, 0.25) is 0 Å². The predicted octanol–water partition coefficient (Wildman–Crippen LogP) is 3.34. The van der Waals surface area contributed by atoms with Gasteiger partial charge in [0, 0.05) is 19.1 Å². The number of likely N-dealkylation sites (tertiary alicyclic amines) is 1. The average Bonchev–Trinajstić information content (AvgIpc) is 2.59. The number of carbonyl (C=O) groups excluding carboxylic acids is 2. The van der Waals surface area contributed by atoms with Crippen LogP contribution in [0.1, 0.15) is 52.1 Å². The maximum absolute atomic E-state index is 12.7. The Balaban J connectivity index is 2.13. The summed E-state index contributed by atoms with van der Waals surface area (Å²) in [6.07, 6.45) is 0.817. The summed E-state index contributed by atoms with van der Waals surface area (Å²) in [6, 6.07) is 10.5. The molecule has 1 aliphatic heterocycles. The minimum atomic E-state index is -1.20. The molecule has 1 aromatic rings. The molecule has 0 aromatic heterocycles. The highest BCUT2D eigenvalue weighted by Gasteiger charge is 2.51. The minimum absolute atomic E-state index is 0.232. The number of hydrogen-bond acceptors (Lipinski definition) is 5. The number of ether oxygens (including phenoxy) is 2. The van der Waals surface area contributed by atoms with E-state index in [1.807, 2.05) is 39.0 Å². The first kappa shape index (κ1) is 19.4. The van der Waals surface area contributed by atoms with Gasteiger partial charge in [0.25, 0.3) is 0 Å². The van der Waals surface area contributed by atoms with Crippen LogP contribution in [0.25, 0.3) is 0 Å². The van der Waals surface area contributed by atoms with Crippen LogP contribution in [-0.4, -0.2) is 42.6 Å². The molecule has 1 aromatic carbocycles. The quantitative estimate of drug-likeness (QED) is 0.617. The minimum Gasteiger partial charge on any atom is -0.468 e. The van der Waals surface area contributed by atoms with Gasteiger partial charge in [0.05, 0.1) is 7.11 Å². The number of nitrogens with zero attached hydrogens (tertiary/aromatic N) is 1. The molecular weight excluding hydrogens is 318 g/mol. The fourth-order valence-electron chi connectivity index (χ4n) is 3.30. The lowest BCUT2D eigenvalue weighted by molar-refractivity contribution is -0.182. The number of benzene rings is 1. The maximum Gasteiger partial charge on any atom is 0.324 e. The molecule has 0 saturated carbocycles. The van der Waals surface area contributed by atoms with Gasteiger partial charge >= 0.3 is 11.9 Å². The summed E-state index contributed by atoms with van der Waals surface area (Å²) in [4.78, 5) is 27.5. The average molecular weight is 347 g/mol. The topological polar surface area (TPSA) is 55.8 Å². The molecule has 1 fully saturated rings. The summed E-state index contributed by atoms with van der Waals surface area (Å²) in [6.45, 7) is 8.86. The van der Waals surface area contributed by atoms with Gasteiger partial charge in [0.1, 0.15) is 5.60 Å². The van der Waals surface area contributed by atoms with Crippen LogP contribution in [0.3, 0.4) is 0 Å². The van der Waals surface area contributed by atoms with Gasteiger partial charge in [-0.2, -0.15) is 0 Å². The zero-order chi connectivity index (χ0) is 18.7. The Bertz CT molecular complexity index is 598. The first-order valence-electron chi connectivity index (χ1n) is 8.80. The third-order valence-electron chi connectivity index (χ3n) is 4.85. The summed E-state index contributed by atoms with van der Waals surface area (Å²) < 4.78 is 10.5. The largest absolute Gasteiger partial charge is 0.468 e. The van der Waals surface area contributed by atoms with Crippen LogP contribution in [0.15, 0.2) is 30.3 Å². The molecule has 2 rings (SSSR count). The van der Waals surface area contributed by atoms with E-state index in [2.05, 4.69) is 24.0 Å². The van der Waals surface area contributed by atoms with Gasteiger partial charge in [0.15, 0.2) is 5.41 Å². The van der Waals surface area contributed by atoms with E-state index in [9.17, 15) is 9.59 Å². The standard InChI is InChI=1S/C20H29NO4/c1-15(16-9-7-6-8-10-16)21-13-11-20(12-14-21,17(22)24-5)18(23)25-19(2,3)4/h6-10,15H,11-14H2,1-5H3/t15-/m0/s1. The Labute approximate surface area is 150 Å². The van der Waals surface area contributed by atoms with Gasteiger partial charge in [-0.1, -0.05) is 30.3 Å². The Kier molecular flexibility index (Phi) is 5.88. The van der Waals surface area contributed by atoms with Crippen molar-refractivity contribution in [2.24, 2.45) is 5.41 Å². The second kappa shape index (κ2) is 7.56. The van der Waals surface area contributed by atoms with Gasteiger partial charge in [-0.05, 0) is 46.1 Å². The highest BCUT2D eigenvalue weighted by molar-refractivity contribution is 6.00. The molecule has 1 atom stereocenters. The predicted molar refractivity (Wildman–Crippen MR) is 96.0 cm³/mol. The van der Waals surface area contributed by atoms with E-state index in [0.717, 1.165) is 0 Å². The van der Waals surface area contributed by atoms with Crippen molar-refractivity contribution in [3.05, 3.63) is 35.9 Å². The molecule has 25 heavy (non-hydrogen) atoms. The third kappa shape index (κ3) is 4.40. The monoisotopic (exact) mass is 347 g/mol. The molecule has 0 radical (unpaired) electrons. The summed E-state index contributed by atoms with van der Waals surface area (Å²) in [7, 11) is 1.33. The van der Waals surface area contributed by atoms with Gasteiger partial charge in [-0.15, -0.1) is 0 Å². The van der Waals surface area contributed by atoms with Gasteiger partial charge in [-0.3, -0.25) is 14.5 Å². The van der Waals surface area contributed by atoms with Crippen LogP contribution in [-0.2, 0) is 19.1 Å². The Morgan fingerprint density at radius 1 is 1.08 bits per heavy atom. The van der Waals surface area contributed by atoms with Gasteiger partial charge in [0.2, 0.25) is 0 Å². The third-order valence-corrected chi connectivity index (χ3v) is 4.85. The van der Waals surface area contributed by atoms with Crippen LogP contribution in [0.5, 0.6) is 0 Å². The number of esters is 2. The van der Waals surface area contributed by atoms with Crippen LogP contribution < -0.4 is 0 Å². The number of hydrogen-bond donors (Lipinski definition) is 0. The molecule has 0 aliphatic carbocycles. The summed E-state index contributed by atoms with van der Waals surface area (Å²) in [5.74, 6) is -0.965. The number of piperidine rings is 1. The Morgan fingerprint density at radius 2 is 1.64 bits per heavy atom. The van der Waals surface area contributed by atoms with Crippen LogP contribution >= 0.6 is 0 Å². The highest BCUT2D eigenvalue weighted by Crippen LogP contribution is 2.38. The summed E-state index contributed by atoms with van der Waals surface area (Å²) >= 11 is 0. The normalized spacial score (nSPS) is 19.1. The van der Waals surface area contributed by atoms with Crippen molar-refractivity contribution >= 4 is 11.9 Å². The highest BCUT2D eigenvalue weighted by atomic mass is 16.6. The lowest BCUT2D eigenvalue weighted by Crippen LogP contribution is -2.51. The molecule has 1 heterocycles. The van der Waals surface area contributed by atoms with Gasteiger partial charge in [-0.25, -0.2) is 0 Å². The molecule has 0 amide bonds. The first-order valence-corrected chi connectivity index (χ1v) is 8.80. The molecular formula is C20H29NO4. The number of rotatable bonds is 4. The van der Waals surface area contributed by atoms with Crippen molar-refractivity contribution in [3.8, 4) is 0 Å². The second-order valence-electron chi connectivity index (χ2n) is 7.70. The lowest BCUT2D eigenvalue weighted by atomic mass is 9.77. The zero-order valence-corrected chi connectivity index (χ0v) is 15.9. The van der Waals surface area contributed by atoms with E-state index < -0.39 is 23.0 Å². The molecule has 5 heteroatoms. The molecule has 1 aliphatic rings. The molecule has 0 N–H and O–H groups in total. The van der Waals surface area contributed by atoms with Crippen molar-refractivity contribution in [2.45, 2.75) is 52.2 Å². The molecule has 0 bridgehead atoms. The van der Waals surface area contributed by atoms with E-state index >= 15 is 0 Å². The van der Waals surface area contributed by atoms with E-state index in [-0.39, 0.29) is 6.04 Å². The van der Waals surface area contributed by atoms with Crippen LogP contribution in [0, 0.1) is 5.41 Å². The lowest BCUT2D eigenvalue weighted by Gasteiger charge is -2.41. The second-order valence-corrected chi connectivity index (χ2v) is 7.70. The van der Waals surface area contributed by atoms with Crippen LogP contribution in [0.4, 0.5) is 0 Å². The van der Waals surface area contributed by atoms with E-state index in [1.54, 1.807) is 0 Å². The summed E-state index contributed by atoms with van der Waals surface area (Å²) in [5, 5.41) is 0. The number of methoxy groups -OCH3 is 1. The van der Waals surface area contributed by atoms with E-state index in [0.29, 0.717) is 25.9 Å². The fraction of sp³-hybridized carbons (Fsp3) is 0.600. The number of carbonyl (C=O) groups is 2. The molecule has 138 valence electrons. The zero-order valence-electron chi connectivity index (χ0n) is 15.9. The molecule has 5 nitrogen and oxygen atoms in total. The Hall–Kier alpha value is -1.88. The molecule has 1 saturated heterocycles. The molecule has 0 unspecified atom stereocenters. The van der Waals surface area contributed by atoms with Crippen molar-refractivity contribution in [1.29, 1.82) is 0 Å². The van der Waals surface area contributed by atoms with Gasteiger partial charge < -0.3 is 9.47 Å². The SMILES string of the molecule is COC(=O)C1(C(=O)OC(C)(C)C)CCN([C@@H](C)c2ccccc2)CC1. The van der Waals surface area contributed by atoms with Crippen molar-refractivity contribution in [3.63, 3.8) is 0 Å². The maximum atomic E-state index is 12.7. The van der Waals surface area contributed by atoms with E-state index in [1.165, 1.54) is 12.7 Å². The fourth-order valence-corrected chi connectivity index (χ4v) is 3.30. The Morgan fingerprint density at radius 3 is 2.12 bits per heavy atom.